The molecular weight excluding hydrogens is 260 g/mol. The Balaban J connectivity index is 2.21. The van der Waals surface area contributed by atoms with Crippen molar-refractivity contribution in [3.63, 3.8) is 0 Å². The normalized spacial score (nSPS) is 18.9. The smallest absolute Gasteiger partial charge is 0.410 e. The van der Waals surface area contributed by atoms with Crippen LogP contribution in [0.1, 0.15) is 33.6 Å². The van der Waals surface area contributed by atoms with Crippen molar-refractivity contribution in [3.05, 3.63) is 0 Å². The van der Waals surface area contributed by atoms with Gasteiger partial charge < -0.3 is 25.2 Å². The van der Waals surface area contributed by atoms with Crippen LogP contribution in [0.2, 0.25) is 0 Å². The van der Waals surface area contributed by atoms with Crippen LogP contribution >= 0.6 is 0 Å². The minimum atomic E-state index is -0.697. The highest BCUT2D eigenvalue weighted by Crippen LogP contribution is 2.19. The number of piperidine rings is 1. The number of aliphatic hydroxyl groups is 2. The zero-order valence-corrected chi connectivity index (χ0v) is 12.8. The number of rotatable bonds is 5. The predicted octanol–water partition coefficient (Wildman–Crippen LogP) is 0.576. The molecule has 1 saturated heterocycles. The zero-order valence-electron chi connectivity index (χ0n) is 12.8. The Bertz CT molecular complexity index is 296. The lowest BCUT2D eigenvalue weighted by atomic mass is 9.97. The van der Waals surface area contributed by atoms with Crippen molar-refractivity contribution >= 4 is 6.09 Å². The van der Waals surface area contributed by atoms with Gasteiger partial charge in [-0.1, -0.05) is 0 Å². The molecule has 3 N–H and O–H groups in total. The maximum absolute atomic E-state index is 11.9. The van der Waals surface area contributed by atoms with Gasteiger partial charge in [0.2, 0.25) is 0 Å². The van der Waals surface area contributed by atoms with Gasteiger partial charge in [0, 0.05) is 19.6 Å². The Morgan fingerprint density at radius 2 is 2.00 bits per heavy atom. The molecule has 0 bridgehead atoms. The minimum absolute atomic E-state index is 0.218. The van der Waals surface area contributed by atoms with Crippen molar-refractivity contribution in [2.75, 3.05) is 32.8 Å². The van der Waals surface area contributed by atoms with Gasteiger partial charge in [-0.25, -0.2) is 4.79 Å². The van der Waals surface area contributed by atoms with Crippen molar-refractivity contribution in [2.45, 2.75) is 45.3 Å². The third-order valence-corrected chi connectivity index (χ3v) is 3.29. The molecule has 20 heavy (non-hydrogen) atoms. The standard InChI is InChI=1S/C14H28N2O4/c1-14(2,3)20-13(19)16-6-4-11(5-7-16)8-15-9-12(18)10-17/h11-12,15,17-18H,4-10H2,1-3H3. The summed E-state index contributed by atoms with van der Waals surface area (Å²) >= 11 is 0. The fourth-order valence-electron chi connectivity index (χ4n) is 2.16. The monoisotopic (exact) mass is 288 g/mol. The molecule has 1 heterocycles. The lowest BCUT2D eigenvalue weighted by Gasteiger charge is -2.33. The summed E-state index contributed by atoms with van der Waals surface area (Å²) in [5, 5.41) is 21.1. The van der Waals surface area contributed by atoms with Crippen molar-refractivity contribution < 1.29 is 19.7 Å². The summed E-state index contributed by atoms with van der Waals surface area (Å²) in [5.41, 5.74) is -0.448. The maximum Gasteiger partial charge on any atom is 0.410 e. The van der Waals surface area contributed by atoms with E-state index in [-0.39, 0.29) is 12.7 Å². The summed E-state index contributed by atoms with van der Waals surface area (Å²) in [6.07, 6.45) is 0.930. The van der Waals surface area contributed by atoms with E-state index in [0.717, 1.165) is 19.4 Å². The number of likely N-dealkylation sites (tertiary alicyclic amines) is 1. The van der Waals surface area contributed by atoms with Crippen molar-refractivity contribution in [1.82, 2.24) is 10.2 Å². The van der Waals surface area contributed by atoms with Crippen molar-refractivity contribution in [2.24, 2.45) is 5.92 Å². The van der Waals surface area contributed by atoms with Crippen LogP contribution in [0, 0.1) is 5.92 Å². The van der Waals surface area contributed by atoms with Crippen LogP contribution in [-0.4, -0.2) is 65.7 Å². The number of hydrogen-bond acceptors (Lipinski definition) is 5. The molecule has 0 aromatic carbocycles. The predicted molar refractivity (Wildman–Crippen MR) is 76.5 cm³/mol. The first-order valence-electron chi connectivity index (χ1n) is 7.29. The van der Waals surface area contributed by atoms with Gasteiger partial charge in [0.1, 0.15) is 5.60 Å². The molecule has 1 unspecified atom stereocenters. The second-order valence-electron chi connectivity index (χ2n) is 6.41. The van der Waals surface area contributed by atoms with E-state index in [1.807, 2.05) is 20.8 Å². The molecule has 1 rings (SSSR count). The summed E-state index contributed by atoms with van der Waals surface area (Å²) in [7, 11) is 0. The fourth-order valence-corrected chi connectivity index (χ4v) is 2.16. The number of nitrogens with one attached hydrogen (secondary N) is 1. The van der Waals surface area contributed by atoms with Gasteiger partial charge >= 0.3 is 6.09 Å². The van der Waals surface area contributed by atoms with Gasteiger partial charge in [0.25, 0.3) is 0 Å². The maximum atomic E-state index is 11.9. The van der Waals surface area contributed by atoms with Gasteiger partial charge in [-0.2, -0.15) is 0 Å². The largest absolute Gasteiger partial charge is 0.444 e. The van der Waals surface area contributed by atoms with Gasteiger partial charge in [0.05, 0.1) is 12.7 Å². The molecule has 0 saturated carbocycles. The molecule has 0 aliphatic carbocycles. The highest BCUT2D eigenvalue weighted by Gasteiger charge is 2.26. The molecule has 118 valence electrons. The molecule has 0 radical (unpaired) electrons. The number of nitrogens with zero attached hydrogens (tertiary/aromatic N) is 1. The molecule has 6 heteroatoms. The van der Waals surface area contributed by atoms with E-state index >= 15 is 0 Å². The first-order chi connectivity index (χ1) is 9.31. The van der Waals surface area contributed by atoms with Crippen LogP contribution in [0.4, 0.5) is 4.79 Å². The number of amides is 1. The van der Waals surface area contributed by atoms with E-state index in [2.05, 4.69) is 5.32 Å². The summed E-state index contributed by atoms with van der Waals surface area (Å²) < 4.78 is 5.35. The van der Waals surface area contributed by atoms with E-state index in [0.29, 0.717) is 25.6 Å². The second-order valence-corrected chi connectivity index (χ2v) is 6.41. The number of aliphatic hydroxyl groups excluding tert-OH is 2. The highest BCUT2D eigenvalue weighted by atomic mass is 16.6. The molecule has 1 fully saturated rings. The quantitative estimate of drug-likeness (QED) is 0.689. The van der Waals surface area contributed by atoms with Crippen molar-refractivity contribution in [3.8, 4) is 0 Å². The van der Waals surface area contributed by atoms with Gasteiger partial charge in [-0.3, -0.25) is 0 Å². The van der Waals surface area contributed by atoms with E-state index in [9.17, 15) is 9.90 Å². The summed E-state index contributed by atoms with van der Waals surface area (Å²) in [5.74, 6) is 0.500. The van der Waals surface area contributed by atoms with Crippen LogP contribution < -0.4 is 5.32 Å². The Morgan fingerprint density at radius 3 is 2.50 bits per heavy atom. The summed E-state index contributed by atoms with van der Waals surface area (Å²) in [6, 6.07) is 0. The van der Waals surface area contributed by atoms with E-state index in [1.54, 1.807) is 4.90 Å². The Morgan fingerprint density at radius 1 is 1.40 bits per heavy atom. The number of carbonyl (C=O) groups is 1. The lowest BCUT2D eigenvalue weighted by Crippen LogP contribution is -2.43. The Labute approximate surface area is 121 Å². The molecule has 1 atom stereocenters. The van der Waals surface area contributed by atoms with Crippen LogP contribution in [0.15, 0.2) is 0 Å². The topological polar surface area (TPSA) is 82.0 Å². The van der Waals surface area contributed by atoms with E-state index in [1.165, 1.54) is 0 Å². The lowest BCUT2D eigenvalue weighted by molar-refractivity contribution is 0.0182. The van der Waals surface area contributed by atoms with Gasteiger partial charge in [-0.05, 0) is 46.1 Å². The first kappa shape index (κ1) is 17.2. The van der Waals surface area contributed by atoms with Crippen LogP contribution in [0.3, 0.4) is 0 Å². The molecule has 6 nitrogen and oxygen atoms in total. The zero-order chi connectivity index (χ0) is 15.2. The van der Waals surface area contributed by atoms with E-state index in [4.69, 9.17) is 9.84 Å². The second kappa shape index (κ2) is 7.81. The Hall–Kier alpha value is -0.850. The SMILES string of the molecule is CC(C)(C)OC(=O)N1CCC(CNCC(O)CO)CC1. The highest BCUT2D eigenvalue weighted by molar-refractivity contribution is 5.68. The third kappa shape index (κ3) is 6.54. The molecule has 1 aliphatic heterocycles. The van der Waals surface area contributed by atoms with E-state index < -0.39 is 11.7 Å². The van der Waals surface area contributed by atoms with Gasteiger partial charge in [0.15, 0.2) is 0 Å². The molecular formula is C14H28N2O4. The minimum Gasteiger partial charge on any atom is -0.444 e. The first-order valence-corrected chi connectivity index (χ1v) is 7.29. The molecule has 0 spiro atoms. The van der Waals surface area contributed by atoms with Crippen LogP contribution in [0.5, 0.6) is 0 Å². The number of ether oxygens (including phenoxy) is 1. The van der Waals surface area contributed by atoms with Crippen LogP contribution in [-0.2, 0) is 4.74 Å². The average molecular weight is 288 g/mol. The number of carbonyl (C=O) groups excluding carboxylic acids is 1. The van der Waals surface area contributed by atoms with Crippen LogP contribution in [0.25, 0.3) is 0 Å². The fraction of sp³-hybridized carbons (Fsp3) is 0.929. The average Bonchev–Trinajstić information content (AvgIpc) is 2.37. The molecule has 1 amide bonds. The van der Waals surface area contributed by atoms with Gasteiger partial charge in [-0.15, -0.1) is 0 Å². The molecule has 0 aromatic rings. The Kier molecular flexibility index (Phi) is 6.71. The summed E-state index contributed by atoms with van der Waals surface area (Å²) in [4.78, 5) is 13.6. The number of hydrogen-bond donors (Lipinski definition) is 3. The summed E-state index contributed by atoms with van der Waals surface area (Å²) in [6.45, 7) is 8.02. The third-order valence-electron chi connectivity index (χ3n) is 3.29. The van der Waals surface area contributed by atoms with Crippen molar-refractivity contribution in [1.29, 1.82) is 0 Å². The molecule has 1 aliphatic rings. The molecule has 0 aromatic heterocycles.